The van der Waals surface area contributed by atoms with Gasteiger partial charge in [0.2, 0.25) is 0 Å². The van der Waals surface area contributed by atoms with Crippen molar-refractivity contribution in [2.45, 2.75) is 31.3 Å². The lowest BCUT2D eigenvalue weighted by Gasteiger charge is -2.31. The second kappa shape index (κ2) is 2.89. The van der Waals surface area contributed by atoms with E-state index in [4.69, 9.17) is 0 Å². The highest BCUT2D eigenvalue weighted by Crippen LogP contribution is 2.45. The standard InChI is InChI=1S/C14H16N2/c1-16-9-6-7-13(16)14-10-4-2-3-5-11(10)15-12(14)8-9/h2-5,9,13,15H,6-8H2,1H3/t9-,13-/m0/s1. The van der Waals surface area contributed by atoms with E-state index in [1.165, 1.54) is 35.9 Å². The molecule has 3 heterocycles. The van der Waals surface area contributed by atoms with Gasteiger partial charge >= 0.3 is 0 Å². The van der Waals surface area contributed by atoms with E-state index in [9.17, 15) is 0 Å². The second-order valence-electron chi connectivity index (χ2n) is 5.18. The Hall–Kier alpha value is -1.28. The van der Waals surface area contributed by atoms with Crippen LogP contribution in [-0.2, 0) is 6.42 Å². The maximum Gasteiger partial charge on any atom is 0.0459 e. The molecule has 1 aromatic heterocycles. The van der Waals surface area contributed by atoms with Gasteiger partial charge in [-0.2, -0.15) is 0 Å². The normalized spacial score (nSPS) is 28.6. The number of fused-ring (bicyclic) bond motifs is 6. The molecule has 1 aromatic carbocycles. The Morgan fingerprint density at radius 3 is 3.06 bits per heavy atom. The van der Waals surface area contributed by atoms with E-state index in [0.717, 1.165) is 6.04 Å². The van der Waals surface area contributed by atoms with Gasteiger partial charge in [-0.15, -0.1) is 0 Å². The third kappa shape index (κ3) is 0.957. The minimum absolute atomic E-state index is 0.657. The van der Waals surface area contributed by atoms with Crippen LogP contribution in [0.3, 0.4) is 0 Å². The third-order valence-corrected chi connectivity index (χ3v) is 4.44. The first kappa shape index (κ1) is 8.82. The van der Waals surface area contributed by atoms with Gasteiger partial charge in [0.1, 0.15) is 0 Å². The van der Waals surface area contributed by atoms with E-state index in [1.54, 1.807) is 5.56 Å². The van der Waals surface area contributed by atoms with Crippen molar-refractivity contribution >= 4 is 10.9 Å². The van der Waals surface area contributed by atoms with E-state index in [1.807, 2.05) is 0 Å². The molecule has 2 aromatic rings. The Morgan fingerprint density at radius 2 is 2.12 bits per heavy atom. The van der Waals surface area contributed by atoms with Crippen LogP contribution in [0.25, 0.3) is 10.9 Å². The van der Waals surface area contributed by atoms with Crippen molar-refractivity contribution in [3.63, 3.8) is 0 Å². The number of aromatic amines is 1. The van der Waals surface area contributed by atoms with Gasteiger partial charge in [-0.3, -0.25) is 4.90 Å². The van der Waals surface area contributed by atoms with Gasteiger partial charge < -0.3 is 4.98 Å². The molecule has 2 nitrogen and oxygen atoms in total. The van der Waals surface area contributed by atoms with E-state index in [2.05, 4.69) is 41.2 Å². The summed E-state index contributed by atoms with van der Waals surface area (Å²) in [6.45, 7) is 0. The lowest BCUT2D eigenvalue weighted by Crippen LogP contribution is -2.33. The van der Waals surface area contributed by atoms with E-state index < -0.39 is 0 Å². The van der Waals surface area contributed by atoms with Crippen LogP contribution in [0.15, 0.2) is 24.3 Å². The zero-order valence-corrected chi connectivity index (χ0v) is 9.53. The molecule has 0 saturated carbocycles. The zero-order valence-electron chi connectivity index (χ0n) is 9.53. The van der Waals surface area contributed by atoms with Gasteiger partial charge in [0, 0.05) is 35.1 Å². The molecule has 0 unspecified atom stereocenters. The van der Waals surface area contributed by atoms with Crippen molar-refractivity contribution in [1.29, 1.82) is 0 Å². The number of benzene rings is 1. The van der Waals surface area contributed by atoms with Crippen molar-refractivity contribution in [2.75, 3.05) is 7.05 Å². The largest absolute Gasteiger partial charge is 0.358 e. The number of hydrogen-bond acceptors (Lipinski definition) is 1. The number of hydrogen-bond donors (Lipinski definition) is 1. The summed E-state index contributed by atoms with van der Waals surface area (Å²) in [6.07, 6.45) is 3.89. The summed E-state index contributed by atoms with van der Waals surface area (Å²) in [5, 5.41) is 1.44. The highest BCUT2D eigenvalue weighted by Gasteiger charge is 2.39. The first-order valence-corrected chi connectivity index (χ1v) is 6.16. The van der Waals surface area contributed by atoms with Gasteiger partial charge in [-0.1, -0.05) is 18.2 Å². The molecule has 0 amide bonds. The summed E-state index contributed by atoms with van der Waals surface area (Å²) in [4.78, 5) is 6.18. The molecule has 0 aliphatic carbocycles. The molecule has 0 radical (unpaired) electrons. The fraction of sp³-hybridized carbons (Fsp3) is 0.429. The van der Waals surface area contributed by atoms with Crippen molar-refractivity contribution in [1.82, 2.24) is 9.88 Å². The summed E-state index contributed by atoms with van der Waals surface area (Å²) in [5.74, 6) is 0. The summed E-state index contributed by atoms with van der Waals surface area (Å²) in [6, 6.07) is 10.2. The number of para-hydroxylation sites is 1. The Balaban J connectivity index is 2.03. The number of nitrogens with one attached hydrogen (secondary N) is 1. The zero-order chi connectivity index (χ0) is 10.7. The first-order chi connectivity index (χ1) is 7.84. The number of H-pyrrole nitrogens is 1. The number of likely N-dealkylation sites (N-methyl/N-ethyl adjacent to an activating group) is 1. The second-order valence-corrected chi connectivity index (χ2v) is 5.18. The minimum Gasteiger partial charge on any atom is -0.358 e. The van der Waals surface area contributed by atoms with Gasteiger partial charge in [0.25, 0.3) is 0 Å². The van der Waals surface area contributed by atoms with Crippen LogP contribution >= 0.6 is 0 Å². The van der Waals surface area contributed by atoms with Crippen LogP contribution in [0.4, 0.5) is 0 Å². The molecule has 1 fully saturated rings. The van der Waals surface area contributed by atoms with Gasteiger partial charge in [0.15, 0.2) is 0 Å². The topological polar surface area (TPSA) is 19.0 Å². The quantitative estimate of drug-likeness (QED) is 0.711. The minimum atomic E-state index is 0.657. The summed E-state index contributed by atoms with van der Waals surface area (Å²) < 4.78 is 0. The molecule has 2 atom stereocenters. The van der Waals surface area contributed by atoms with Crippen LogP contribution in [0.2, 0.25) is 0 Å². The number of nitrogens with zero attached hydrogens (tertiary/aromatic N) is 1. The molecular formula is C14H16N2. The Bertz CT molecular complexity index is 555. The van der Waals surface area contributed by atoms with Crippen LogP contribution in [0.1, 0.15) is 30.1 Å². The Morgan fingerprint density at radius 1 is 1.25 bits per heavy atom. The predicted molar refractivity (Wildman–Crippen MR) is 65.5 cm³/mol. The molecule has 2 heteroatoms. The summed E-state index contributed by atoms with van der Waals surface area (Å²) in [7, 11) is 2.28. The summed E-state index contributed by atoms with van der Waals surface area (Å²) in [5.41, 5.74) is 4.38. The van der Waals surface area contributed by atoms with Crippen LogP contribution in [0.5, 0.6) is 0 Å². The molecule has 2 bridgehead atoms. The lowest BCUT2D eigenvalue weighted by atomic mass is 9.98. The average molecular weight is 212 g/mol. The molecule has 16 heavy (non-hydrogen) atoms. The van der Waals surface area contributed by atoms with Crippen LogP contribution in [-0.4, -0.2) is 23.0 Å². The highest BCUT2D eigenvalue weighted by molar-refractivity contribution is 5.85. The van der Waals surface area contributed by atoms with Crippen molar-refractivity contribution in [2.24, 2.45) is 0 Å². The molecule has 1 N–H and O–H groups in total. The van der Waals surface area contributed by atoms with E-state index in [0.29, 0.717) is 6.04 Å². The SMILES string of the molecule is CN1[C@H]2CC[C@H]1c1c([nH]c3ccccc13)C2. The van der Waals surface area contributed by atoms with Crippen molar-refractivity contribution in [3.05, 3.63) is 35.5 Å². The van der Waals surface area contributed by atoms with Gasteiger partial charge in [-0.25, -0.2) is 0 Å². The van der Waals surface area contributed by atoms with Crippen molar-refractivity contribution in [3.8, 4) is 0 Å². The fourth-order valence-electron chi connectivity index (χ4n) is 3.60. The molecule has 82 valence electrons. The molecule has 2 aliphatic rings. The predicted octanol–water partition coefficient (Wildman–Crippen LogP) is 2.86. The monoisotopic (exact) mass is 212 g/mol. The molecule has 1 saturated heterocycles. The third-order valence-electron chi connectivity index (χ3n) is 4.44. The van der Waals surface area contributed by atoms with E-state index >= 15 is 0 Å². The van der Waals surface area contributed by atoms with Crippen LogP contribution < -0.4 is 0 Å². The molecule has 4 rings (SSSR count). The maximum absolute atomic E-state index is 3.61. The molecule has 2 aliphatic heterocycles. The highest BCUT2D eigenvalue weighted by atomic mass is 15.2. The Labute approximate surface area is 95.3 Å². The molecular weight excluding hydrogens is 196 g/mol. The van der Waals surface area contributed by atoms with Crippen molar-refractivity contribution < 1.29 is 0 Å². The fourth-order valence-corrected chi connectivity index (χ4v) is 3.60. The van der Waals surface area contributed by atoms with Gasteiger partial charge in [-0.05, 0) is 31.5 Å². The van der Waals surface area contributed by atoms with E-state index in [-0.39, 0.29) is 0 Å². The lowest BCUT2D eigenvalue weighted by molar-refractivity contribution is 0.224. The number of rotatable bonds is 0. The first-order valence-electron chi connectivity index (χ1n) is 6.16. The molecule has 0 spiro atoms. The maximum atomic E-state index is 3.61. The summed E-state index contributed by atoms with van der Waals surface area (Å²) >= 11 is 0. The van der Waals surface area contributed by atoms with Crippen LogP contribution in [0, 0.1) is 0 Å². The Kier molecular flexibility index (Phi) is 1.59. The smallest absolute Gasteiger partial charge is 0.0459 e. The van der Waals surface area contributed by atoms with Gasteiger partial charge in [0.05, 0.1) is 0 Å². The number of aromatic nitrogens is 1. The average Bonchev–Trinajstić information content (AvgIpc) is 2.76.